The van der Waals surface area contributed by atoms with Gasteiger partial charge >= 0.3 is 5.97 Å². The molecule has 0 atom stereocenters. The minimum Gasteiger partial charge on any atom is -0.465 e. The van der Waals surface area contributed by atoms with Gasteiger partial charge in [0.25, 0.3) is 0 Å². The summed E-state index contributed by atoms with van der Waals surface area (Å²) in [6.07, 6.45) is 1.83. The third-order valence-corrected chi connectivity index (χ3v) is 4.79. The largest absolute Gasteiger partial charge is 0.465 e. The summed E-state index contributed by atoms with van der Waals surface area (Å²) < 4.78 is 4.89. The van der Waals surface area contributed by atoms with E-state index >= 15 is 0 Å². The van der Waals surface area contributed by atoms with E-state index in [1.165, 1.54) is 23.6 Å². The molecule has 0 spiro atoms. The Labute approximate surface area is 155 Å². The molecular weight excluding hydrogens is 322 g/mol. The van der Waals surface area contributed by atoms with Gasteiger partial charge in [0.15, 0.2) is 0 Å². The molecule has 3 heteroatoms. The highest BCUT2D eigenvalue weighted by Crippen LogP contribution is 2.27. The Morgan fingerprint density at radius 1 is 0.962 bits per heavy atom. The van der Waals surface area contributed by atoms with E-state index in [1.54, 1.807) is 0 Å². The molecule has 0 heterocycles. The maximum absolute atomic E-state index is 11.9. The third-order valence-electron chi connectivity index (χ3n) is 4.79. The van der Waals surface area contributed by atoms with Gasteiger partial charge in [-0.1, -0.05) is 54.6 Å². The minimum absolute atomic E-state index is 0.262. The smallest absolute Gasteiger partial charge is 0.338 e. The van der Waals surface area contributed by atoms with E-state index in [0.717, 1.165) is 31.5 Å². The van der Waals surface area contributed by atoms with Gasteiger partial charge in [-0.15, -0.1) is 0 Å². The standard InChI is InChI=1S/C23H25NO2/c1-3-24(22-16-8-12-18-10-4-6-14-20(18)22)17-9-13-19-11-5-7-15-21(19)23(25)26-2/h4-8,10-12,14-16H,3,9,13,17H2,1-2H3. The van der Waals surface area contributed by atoms with Crippen LogP contribution < -0.4 is 4.90 Å². The van der Waals surface area contributed by atoms with Crippen LogP contribution in [-0.4, -0.2) is 26.2 Å². The molecule has 0 unspecified atom stereocenters. The summed E-state index contributed by atoms with van der Waals surface area (Å²) in [7, 11) is 1.43. The highest BCUT2D eigenvalue weighted by Gasteiger charge is 2.12. The number of ether oxygens (including phenoxy) is 1. The lowest BCUT2D eigenvalue weighted by Crippen LogP contribution is -2.24. The predicted molar refractivity (Wildman–Crippen MR) is 108 cm³/mol. The van der Waals surface area contributed by atoms with Crippen molar-refractivity contribution < 1.29 is 9.53 Å². The second-order valence-electron chi connectivity index (χ2n) is 6.33. The van der Waals surface area contributed by atoms with Crippen molar-refractivity contribution in [3.05, 3.63) is 77.9 Å². The van der Waals surface area contributed by atoms with E-state index in [1.807, 2.05) is 24.3 Å². The summed E-state index contributed by atoms with van der Waals surface area (Å²) in [4.78, 5) is 14.3. The van der Waals surface area contributed by atoms with Gasteiger partial charge in [0.2, 0.25) is 0 Å². The lowest BCUT2D eigenvalue weighted by atomic mass is 10.0. The molecule has 0 aromatic heterocycles. The van der Waals surface area contributed by atoms with Crippen LogP contribution >= 0.6 is 0 Å². The Bertz CT molecular complexity index is 883. The quantitative estimate of drug-likeness (QED) is 0.558. The Balaban J connectivity index is 1.73. The monoisotopic (exact) mass is 347 g/mol. The number of fused-ring (bicyclic) bond motifs is 1. The molecule has 0 saturated carbocycles. The number of aryl methyl sites for hydroxylation is 1. The van der Waals surface area contributed by atoms with Crippen molar-refractivity contribution >= 4 is 22.4 Å². The van der Waals surface area contributed by atoms with Crippen LogP contribution in [-0.2, 0) is 11.2 Å². The van der Waals surface area contributed by atoms with Crippen molar-refractivity contribution in [2.75, 3.05) is 25.1 Å². The molecule has 0 amide bonds. The number of carbonyl (C=O) groups is 1. The molecule has 3 nitrogen and oxygen atoms in total. The van der Waals surface area contributed by atoms with Crippen LogP contribution in [0.1, 0.15) is 29.3 Å². The van der Waals surface area contributed by atoms with Crippen molar-refractivity contribution in [3.8, 4) is 0 Å². The average Bonchev–Trinajstić information content (AvgIpc) is 2.70. The molecule has 3 rings (SSSR count). The van der Waals surface area contributed by atoms with Crippen LogP contribution in [0.15, 0.2) is 66.7 Å². The van der Waals surface area contributed by atoms with E-state index in [2.05, 4.69) is 54.3 Å². The van der Waals surface area contributed by atoms with Gasteiger partial charge in [0.1, 0.15) is 0 Å². The highest BCUT2D eigenvalue weighted by molar-refractivity contribution is 5.94. The Morgan fingerprint density at radius 3 is 2.50 bits per heavy atom. The van der Waals surface area contributed by atoms with Crippen LogP contribution in [0.4, 0.5) is 5.69 Å². The Hall–Kier alpha value is -2.81. The summed E-state index contributed by atoms with van der Waals surface area (Å²) in [5.74, 6) is -0.262. The first kappa shape index (κ1) is 18.0. The molecule has 0 aliphatic heterocycles. The first-order valence-electron chi connectivity index (χ1n) is 9.13. The Morgan fingerprint density at radius 2 is 1.69 bits per heavy atom. The zero-order valence-corrected chi connectivity index (χ0v) is 15.4. The molecule has 0 fully saturated rings. The van der Waals surface area contributed by atoms with Gasteiger partial charge in [-0.2, -0.15) is 0 Å². The van der Waals surface area contributed by atoms with Crippen molar-refractivity contribution in [2.24, 2.45) is 0 Å². The van der Waals surface area contributed by atoms with E-state index in [9.17, 15) is 4.79 Å². The lowest BCUT2D eigenvalue weighted by molar-refractivity contribution is 0.0599. The molecule has 0 saturated heterocycles. The normalized spacial score (nSPS) is 10.7. The lowest BCUT2D eigenvalue weighted by Gasteiger charge is -2.25. The topological polar surface area (TPSA) is 29.5 Å². The van der Waals surface area contributed by atoms with Crippen LogP contribution in [0, 0.1) is 0 Å². The first-order valence-corrected chi connectivity index (χ1v) is 9.13. The minimum atomic E-state index is -0.262. The number of carbonyl (C=O) groups excluding carboxylic acids is 1. The number of methoxy groups -OCH3 is 1. The number of nitrogens with zero attached hydrogens (tertiary/aromatic N) is 1. The van der Waals surface area contributed by atoms with Crippen molar-refractivity contribution in [2.45, 2.75) is 19.8 Å². The predicted octanol–water partition coefficient (Wildman–Crippen LogP) is 5.09. The second-order valence-corrected chi connectivity index (χ2v) is 6.33. The zero-order chi connectivity index (χ0) is 18.4. The van der Waals surface area contributed by atoms with Crippen LogP contribution in [0.2, 0.25) is 0 Å². The number of benzene rings is 3. The number of rotatable bonds is 7. The fraction of sp³-hybridized carbons (Fsp3) is 0.261. The summed E-state index contributed by atoms with van der Waals surface area (Å²) in [5, 5.41) is 2.55. The summed E-state index contributed by atoms with van der Waals surface area (Å²) in [6, 6.07) is 22.7. The SMILES string of the molecule is CCN(CCCc1ccccc1C(=O)OC)c1cccc2ccccc12. The number of hydrogen-bond acceptors (Lipinski definition) is 3. The third kappa shape index (κ3) is 3.88. The molecule has 134 valence electrons. The summed E-state index contributed by atoms with van der Waals surface area (Å²) in [5.41, 5.74) is 2.99. The van der Waals surface area contributed by atoms with E-state index in [4.69, 9.17) is 4.74 Å². The van der Waals surface area contributed by atoms with Crippen molar-refractivity contribution in [1.82, 2.24) is 0 Å². The zero-order valence-electron chi connectivity index (χ0n) is 15.4. The van der Waals surface area contributed by atoms with E-state index in [-0.39, 0.29) is 5.97 Å². The van der Waals surface area contributed by atoms with E-state index in [0.29, 0.717) is 5.56 Å². The molecular formula is C23H25NO2. The maximum Gasteiger partial charge on any atom is 0.338 e. The van der Waals surface area contributed by atoms with Gasteiger partial charge in [0, 0.05) is 24.2 Å². The van der Waals surface area contributed by atoms with Gasteiger partial charge < -0.3 is 9.64 Å². The van der Waals surface area contributed by atoms with Crippen molar-refractivity contribution in [3.63, 3.8) is 0 Å². The fourth-order valence-corrected chi connectivity index (χ4v) is 3.44. The molecule has 0 aliphatic carbocycles. The van der Waals surface area contributed by atoms with E-state index < -0.39 is 0 Å². The average molecular weight is 347 g/mol. The van der Waals surface area contributed by atoms with Crippen LogP contribution in [0.25, 0.3) is 10.8 Å². The number of esters is 1. The van der Waals surface area contributed by atoms with Gasteiger partial charge in [-0.05, 0) is 42.8 Å². The van der Waals surface area contributed by atoms with Crippen LogP contribution in [0.5, 0.6) is 0 Å². The molecule has 0 aliphatic rings. The highest BCUT2D eigenvalue weighted by atomic mass is 16.5. The summed E-state index contributed by atoms with van der Waals surface area (Å²) in [6.45, 7) is 4.08. The van der Waals surface area contributed by atoms with Gasteiger partial charge in [-0.3, -0.25) is 0 Å². The molecule has 26 heavy (non-hydrogen) atoms. The number of anilines is 1. The molecule has 0 radical (unpaired) electrons. The van der Waals surface area contributed by atoms with Gasteiger partial charge in [0.05, 0.1) is 12.7 Å². The fourth-order valence-electron chi connectivity index (χ4n) is 3.44. The Kier molecular flexibility index (Phi) is 5.90. The second kappa shape index (κ2) is 8.52. The summed E-state index contributed by atoms with van der Waals surface area (Å²) >= 11 is 0. The first-order chi connectivity index (χ1) is 12.7. The molecule has 0 N–H and O–H groups in total. The number of hydrogen-bond donors (Lipinski definition) is 0. The molecule has 0 bridgehead atoms. The van der Waals surface area contributed by atoms with Gasteiger partial charge in [-0.25, -0.2) is 4.79 Å². The van der Waals surface area contributed by atoms with Crippen molar-refractivity contribution in [1.29, 1.82) is 0 Å². The molecule has 3 aromatic carbocycles. The van der Waals surface area contributed by atoms with Crippen LogP contribution in [0.3, 0.4) is 0 Å². The maximum atomic E-state index is 11.9. The molecule has 3 aromatic rings.